The van der Waals surface area contributed by atoms with Crippen LogP contribution in [-0.4, -0.2) is 44.7 Å². The third kappa shape index (κ3) is 7.20. The Kier molecular flexibility index (Phi) is 10.3. The Morgan fingerprint density at radius 2 is 1.88 bits per heavy atom. The van der Waals surface area contributed by atoms with E-state index in [-0.39, 0.29) is 18.2 Å². The Bertz CT molecular complexity index is 1040. The largest absolute Gasteiger partial charge is 0.300 e. The van der Waals surface area contributed by atoms with E-state index in [1.807, 2.05) is 13.0 Å². The third-order valence-electron chi connectivity index (χ3n) is 7.18. The molecule has 0 radical (unpaired) electrons. The lowest BCUT2D eigenvalue weighted by Gasteiger charge is -2.40. The SMILES string of the molecule is CCCS(=O)(=O)NCCCc1ccc2c(c1)C(Cc1cccc(Cl)c1)C(N1CCCC1)CC2.Cl. The summed E-state index contributed by atoms with van der Waals surface area (Å²) >= 11 is 6.32. The van der Waals surface area contributed by atoms with Crippen LogP contribution in [0, 0.1) is 0 Å². The highest BCUT2D eigenvalue weighted by molar-refractivity contribution is 7.89. The normalized spacial score (nSPS) is 20.6. The van der Waals surface area contributed by atoms with Crippen molar-refractivity contribution in [3.05, 3.63) is 69.7 Å². The van der Waals surface area contributed by atoms with Gasteiger partial charge >= 0.3 is 0 Å². The van der Waals surface area contributed by atoms with Crippen molar-refractivity contribution in [1.82, 2.24) is 9.62 Å². The van der Waals surface area contributed by atoms with Crippen LogP contribution < -0.4 is 4.72 Å². The summed E-state index contributed by atoms with van der Waals surface area (Å²) in [5.74, 6) is 0.669. The number of hydrogen-bond donors (Lipinski definition) is 1. The zero-order valence-electron chi connectivity index (χ0n) is 20.1. The van der Waals surface area contributed by atoms with E-state index in [4.69, 9.17) is 11.6 Å². The van der Waals surface area contributed by atoms with Gasteiger partial charge < -0.3 is 0 Å². The van der Waals surface area contributed by atoms with Gasteiger partial charge in [0.2, 0.25) is 10.0 Å². The zero-order chi connectivity index (χ0) is 23.3. The first-order valence-corrected chi connectivity index (χ1v) is 14.6. The lowest BCUT2D eigenvalue weighted by atomic mass is 9.75. The number of aryl methyl sites for hydroxylation is 2. The fourth-order valence-corrected chi connectivity index (χ4v) is 6.97. The number of nitrogens with zero attached hydrogens (tertiary/aromatic N) is 1. The molecule has 1 saturated heterocycles. The second kappa shape index (κ2) is 12.7. The zero-order valence-corrected chi connectivity index (χ0v) is 22.5. The van der Waals surface area contributed by atoms with Gasteiger partial charge in [0, 0.05) is 23.5 Å². The fraction of sp³-hybridized carbons (Fsp3) is 0.556. The molecule has 7 heteroatoms. The van der Waals surface area contributed by atoms with Gasteiger partial charge in [-0.3, -0.25) is 4.90 Å². The minimum absolute atomic E-state index is 0. The van der Waals surface area contributed by atoms with Gasteiger partial charge in [-0.15, -0.1) is 12.4 Å². The Balaban J connectivity index is 0.00000324. The molecule has 2 unspecified atom stereocenters. The predicted molar refractivity (Wildman–Crippen MR) is 145 cm³/mol. The minimum atomic E-state index is -3.13. The van der Waals surface area contributed by atoms with Crippen LogP contribution in [-0.2, 0) is 29.3 Å². The molecule has 1 heterocycles. The lowest BCUT2D eigenvalue weighted by Crippen LogP contribution is -2.41. The van der Waals surface area contributed by atoms with Crippen molar-refractivity contribution in [3.8, 4) is 0 Å². The first-order valence-electron chi connectivity index (χ1n) is 12.5. The van der Waals surface area contributed by atoms with E-state index in [1.54, 1.807) is 0 Å². The van der Waals surface area contributed by atoms with Gasteiger partial charge in [0.1, 0.15) is 0 Å². The summed E-state index contributed by atoms with van der Waals surface area (Å²) in [5, 5.41) is 0.806. The number of rotatable bonds is 10. The monoisotopic (exact) mass is 524 g/mol. The van der Waals surface area contributed by atoms with Gasteiger partial charge in [0.05, 0.1) is 5.75 Å². The average Bonchev–Trinajstić information content (AvgIpc) is 3.32. The Morgan fingerprint density at radius 3 is 2.62 bits per heavy atom. The Hall–Kier alpha value is -1.11. The number of benzene rings is 2. The van der Waals surface area contributed by atoms with Crippen molar-refractivity contribution in [1.29, 1.82) is 0 Å². The molecule has 34 heavy (non-hydrogen) atoms. The summed E-state index contributed by atoms with van der Waals surface area (Å²) in [4.78, 5) is 2.72. The quantitative estimate of drug-likeness (QED) is 0.402. The molecule has 188 valence electrons. The standard InChI is InChI=1S/C27H37ClN2O2S.ClH/c1-2-17-33(31,32)29-14-6-8-21-10-11-23-12-13-27(30-15-3-4-16-30)26(25(23)19-21)20-22-7-5-9-24(28)18-22;/h5,7,9-11,18-19,26-27,29H,2-4,6,8,12-17,20H2,1H3;1H. The molecule has 2 aromatic rings. The topological polar surface area (TPSA) is 49.4 Å². The van der Waals surface area contributed by atoms with Crippen LogP contribution in [0.3, 0.4) is 0 Å². The smallest absolute Gasteiger partial charge is 0.211 e. The lowest BCUT2D eigenvalue weighted by molar-refractivity contribution is 0.188. The van der Waals surface area contributed by atoms with Crippen molar-refractivity contribution < 1.29 is 8.42 Å². The summed E-state index contributed by atoms with van der Waals surface area (Å²) in [7, 11) is -3.13. The molecule has 1 N–H and O–H groups in total. The molecule has 2 aromatic carbocycles. The Labute approximate surface area is 216 Å². The molecule has 0 spiro atoms. The van der Waals surface area contributed by atoms with Crippen molar-refractivity contribution in [2.45, 2.75) is 70.3 Å². The first-order chi connectivity index (χ1) is 15.9. The van der Waals surface area contributed by atoms with E-state index < -0.39 is 10.0 Å². The number of fused-ring (bicyclic) bond motifs is 1. The van der Waals surface area contributed by atoms with Gasteiger partial charge in [0.25, 0.3) is 0 Å². The van der Waals surface area contributed by atoms with E-state index in [1.165, 1.54) is 54.6 Å². The number of halogens is 2. The molecule has 1 fully saturated rings. The minimum Gasteiger partial charge on any atom is -0.300 e. The number of nitrogens with one attached hydrogen (secondary N) is 1. The number of sulfonamides is 1. The van der Waals surface area contributed by atoms with Crippen LogP contribution >= 0.6 is 24.0 Å². The maximum absolute atomic E-state index is 11.9. The molecule has 0 bridgehead atoms. The molecular weight excluding hydrogens is 487 g/mol. The summed E-state index contributed by atoms with van der Waals surface area (Å²) in [5.41, 5.74) is 5.58. The summed E-state index contributed by atoms with van der Waals surface area (Å²) in [6.45, 7) is 4.82. The first kappa shape index (κ1) is 27.5. The highest BCUT2D eigenvalue weighted by Gasteiger charge is 2.34. The molecule has 2 atom stereocenters. The van der Waals surface area contributed by atoms with Gasteiger partial charge in [0.15, 0.2) is 0 Å². The van der Waals surface area contributed by atoms with Crippen molar-refractivity contribution in [2.24, 2.45) is 0 Å². The van der Waals surface area contributed by atoms with E-state index in [0.717, 1.165) is 30.7 Å². The van der Waals surface area contributed by atoms with Gasteiger partial charge in [-0.05, 0) is 98.8 Å². The van der Waals surface area contributed by atoms with Crippen LogP contribution in [0.5, 0.6) is 0 Å². The second-order valence-corrected chi connectivity index (χ2v) is 12.0. The summed E-state index contributed by atoms with van der Waals surface area (Å²) in [6, 6.07) is 15.9. The number of likely N-dealkylation sites (tertiary alicyclic amines) is 1. The van der Waals surface area contributed by atoms with E-state index >= 15 is 0 Å². The van der Waals surface area contributed by atoms with E-state index in [0.29, 0.717) is 24.9 Å². The molecule has 0 aromatic heterocycles. The summed E-state index contributed by atoms with van der Waals surface area (Å²) in [6.07, 6.45) is 8.33. The van der Waals surface area contributed by atoms with E-state index in [9.17, 15) is 8.42 Å². The van der Waals surface area contributed by atoms with Crippen LogP contribution in [0.25, 0.3) is 0 Å². The fourth-order valence-electron chi connectivity index (χ4n) is 5.62. The van der Waals surface area contributed by atoms with Gasteiger partial charge in [-0.1, -0.05) is 48.9 Å². The predicted octanol–water partition coefficient (Wildman–Crippen LogP) is 5.76. The van der Waals surface area contributed by atoms with Crippen LogP contribution in [0.15, 0.2) is 42.5 Å². The third-order valence-corrected chi connectivity index (χ3v) is 9.00. The molecule has 1 aliphatic carbocycles. The molecule has 0 saturated carbocycles. The van der Waals surface area contributed by atoms with Crippen LogP contribution in [0.2, 0.25) is 5.02 Å². The maximum atomic E-state index is 11.9. The van der Waals surface area contributed by atoms with Crippen LogP contribution in [0.4, 0.5) is 0 Å². The van der Waals surface area contributed by atoms with E-state index in [2.05, 4.69) is 46.0 Å². The second-order valence-electron chi connectivity index (χ2n) is 9.64. The van der Waals surface area contributed by atoms with Gasteiger partial charge in [-0.2, -0.15) is 0 Å². The Morgan fingerprint density at radius 1 is 1.09 bits per heavy atom. The van der Waals surface area contributed by atoms with Gasteiger partial charge in [-0.25, -0.2) is 13.1 Å². The van der Waals surface area contributed by atoms with Crippen LogP contribution in [0.1, 0.15) is 67.2 Å². The molecule has 4 nitrogen and oxygen atoms in total. The molecule has 4 rings (SSSR count). The van der Waals surface area contributed by atoms with Crippen molar-refractivity contribution in [2.75, 3.05) is 25.4 Å². The van der Waals surface area contributed by atoms with Crippen molar-refractivity contribution in [3.63, 3.8) is 0 Å². The molecule has 1 aliphatic heterocycles. The highest BCUT2D eigenvalue weighted by atomic mass is 35.5. The maximum Gasteiger partial charge on any atom is 0.211 e. The molecular formula is C27H38Cl2N2O2S. The molecule has 2 aliphatic rings. The highest BCUT2D eigenvalue weighted by Crippen LogP contribution is 2.39. The molecule has 0 amide bonds. The average molecular weight is 526 g/mol. The summed E-state index contributed by atoms with van der Waals surface area (Å²) < 4.78 is 26.6. The number of hydrogen-bond acceptors (Lipinski definition) is 3. The van der Waals surface area contributed by atoms with Crippen molar-refractivity contribution >= 4 is 34.0 Å².